The Balaban J connectivity index is 1.77. The third kappa shape index (κ3) is 4.13. The van der Waals surface area contributed by atoms with Gasteiger partial charge in [0.2, 0.25) is 0 Å². The van der Waals surface area contributed by atoms with Gasteiger partial charge in [0.15, 0.2) is 5.11 Å². The Morgan fingerprint density at radius 2 is 1.67 bits per heavy atom. The molecule has 0 saturated carbocycles. The fourth-order valence-electron chi connectivity index (χ4n) is 3.51. The zero-order valence-electron chi connectivity index (χ0n) is 14.0. The molecule has 4 heteroatoms. The first-order chi connectivity index (χ1) is 11.8. The van der Waals surface area contributed by atoms with Gasteiger partial charge in [-0.05, 0) is 36.7 Å². The molecule has 0 amide bonds. The zero-order chi connectivity index (χ0) is 16.8. The lowest BCUT2D eigenvalue weighted by atomic mass is 9.84. The molecule has 1 heterocycles. The minimum absolute atomic E-state index is 0.354. The van der Waals surface area contributed by atoms with E-state index in [0.717, 1.165) is 24.6 Å². The Hall–Kier alpha value is -1.91. The molecule has 3 N–H and O–H groups in total. The molecule has 0 spiro atoms. The van der Waals surface area contributed by atoms with E-state index in [-0.39, 0.29) is 0 Å². The molecular weight excluding hydrogens is 314 g/mol. The average molecular weight is 340 g/mol. The van der Waals surface area contributed by atoms with E-state index in [9.17, 15) is 0 Å². The molecule has 126 valence electrons. The first-order valence-electron chi connectivity index (χ1n) is 8.65. The van der Waals surface area contributed by atoms with Crippen molar-refractivity contribution in [1.29, 1.82) is 0 Å². The minimum Gasteiger partial charge on any atom is -0.363 e. The quantitative estimate of drug-likeness (QED) is 0.732. The lowest BCUT2D eigenvalue weighted by Crippen LogP contribution is -2.42. The third-order valence-electron chi connectivity index (χ3n) is 4.56. The standard InChI is InChI=1S/C20H25N3S/c1-2-21-20(24)23-17-13-18(22-14-17)19(15-9-5-3-6-10-15)16-11-7-4-8-12-16/h3-12,17-19,22H,2,13-14H2,1H3,(H2,21,23,24)/t17-,18?/m0/s1. The van der Waals surface area contributed by atoms with Crippen LogP contribution in [0, 0.1) is 0 Å². The van der Waals surface area contributed by atoms with Crippen LogP contribution in [0.2, 0.25) is 0 Å². The number of hydrogen-bond acceptors (Lipinski definition) is 2. The Morgan fingerprint density at radius 1 is 1.08 bits per heavy atom. The van der Waals surface area contributed by atoms with Crippen LogP contribution in [-0.4, -0.2) is 30.3 Å². The Kier molecular flexibility index (Phi) is 5.83. The molecule has 0 radical (unpaired) electrons. The van der Waals surface area contributed by atoms with Gasteiger partial charge in [0.25, 0.3) is 0 Å². The average Bonchev–Trinajstić information content (AvgIpc) is 3.05. The second-order valence-corrected chi connectivity index (χ2v) is 6.66. The van der Waals surface area contributed by atoms with Crippen LogP contribution in [0.1, 0.15) is 30.4 Å². The number of benzene rings is 2. The highest BCUT2D eigenvalue weighted by Crippen LogP contribution is 2.32. The van der Waals surface area contributed by atoms with E-state index in [2.05, 4.69) is 83.5 Å². The zero-order valence-corrected chi connectivity index (χ0v) is 14.9. The number of rotatable bonds is 5. The molecule has 3 nitrogen and oxygen atoms in total. The largest absolute Gasteiger partial charge is 0.363 e. The highest BCUT2D eigenvalue weighted by atomic mass is 32.1. The van der Waals surface area contributed by atoms with E-state index in [4.69, 9.17) is 12.2 Å². The van der Waals surface area contributed by atoms with Gasteiger partial charge in [0, 0.05) is 31.1 Å². The third-order valence-corrected chi connectivity index (χ3v) is 4.82. The summed E-state index contributed by atoms with van der Waals surface area (Å²) in [6.07, 6.45) is 1.06. The summed E-state index contributed by atoms with van der Waals surface area (Å²) in [5.74, 6) is 0.354. The van der Waals surface area contributed by atoms with Crippen molar-refractivity contribution in [3.05, 3.63) is 71.8 Å². The van der Waals surface area contributed by atoms with Crippen molar-refractivity contribution in [3.8, 4) is 0 Å². The molecule has 3 rings (SSSR count). The summed E-state index contributed by atoms with van der Waals surface area (Å²) in [4.78, 5) is 0. The SMILES string of the molecule is CCNC(=S)N[C@@H]1CNC(C(c2ccccc2)c2ccccc2)C1. The van der Waals surface area contributed by atoms with Crippen LogP contribution in [0.25, 0.3) is 0 Å². The first-order valence-corrected chi connectivity index (χ1v) is 9.06. The topological polar surface area (TPSA) is 36.1 Å². The predicted molar refractivity (Wildman–Crippen MR) is 104 cm³/mol. The molecule has 1 saturated heterocycles. The first kappa shape index (κ1) is 16.9. The molecule has 1 aliphatic rings. The highest BCUT2D eigenvalue weighted by molar-refractivity contribution is 7.80. The maximum atomic E-state index is 5.33. The monoisotopic (exact) mass is 339 g/mol. The summed E-state index contributed by atoms with van der Waals surface area (Å²) >= 11 is 5.33. The molecule has 1 aliphatic heterocycles. The van der Waals surface area contributed by atoms with Crippen LogP contribution in [0.4, 0.5) is 0 Å². The normalized spacial score (nSPS) is 20.1. The number of thiocarbonyl (C=S) groups is 1. The van der Waals surface area contributed by atoms with Crippen molar-refractivity contribution in [2.24, 2.45) is 0 Å². The van der Waals surface area contributed by atoms with Gasteiger partial charge in [-0.15, -0.1) is 0 Å². The maximum absolute atomic E-state index is 5.33. The molecule has 2 aromatic rings. The molecule has 2 aromatic carbocycles. The van der Waals surface area contributed by atoms with Crippen molar-refractivity contribution in [3.63, 3.8) is 0 Å². The molecule has 0 aromatic heterocycles. The van der Waals surface area contributed by atoms with Gasteiger partial charge in [0.05, 0.1) is 0 Å². The van der Waals surface area contributed by atoms with Gasteiger partial charge < -0.3 is 16.0 Å². The van der Waals surface area contributed by atoms with Crippen LogP contribution in [0.3, 0.4) is 0 Å². The molecule has 1 fully saturated rings. The van der Waals surface area contributed by atoms with E-state index >= 15 is 0 Å². The van der Waals surface area contributed by atoms with Crippen molar-refractivity contribution >= 4 is 17.3 Å². The summed E-state index contributed by atoms with van der Waals surface area (Å²) in [6, 6.07) is 22.3. The van der Waals surface area contributed by atoms with Gasteiger partial charge in [-0.25, -0.2) is 0 Å². The molecule has 24 heavy (non-hydrogen) atoms. The van der Waals surface area contributed by atoms with Crippen molar-refractivity contribution in [1.82, 2.24) is 16.0 Å². The summed E-state index contributed by atoms with van der Waals surface area (Å²) in [7, 11) is 0. The molecule has 1 unspecified atom stereocenters. The number of nitrogens with one attached hydrogen (secondary N) is 3. The maximum Gasteiger partial charge on any atom is 0.166 e. The number of hydrogen-bond donors (Lipinski definition) is 3. The summed E-state index contributed by atoms with van der Waals surface area (Å²) in [5, 5.41) is 11.0. The molecule has 2 atom stereocenters. The minimum atomic E-state index is 0.354. The smallest absolute Gasteiger partial charge is 0.166 e. The lowest BCUT2D eigenvalue weighted by molar-refractivity contribution is 0.530. The van der Waals surface area contributed by atoms with Crippen molar-refractivity contribution < 1.29 is 0 Å². The summed E-state index contributed by atoms with van der Waals surface area (Å²) in [6.45, 7) is 3.85. The lowest BCUT2D eigenvalue weighted by Gasteiger charge is -2.25. The summed E-state index contributed by atoms with van der Waals surface area (Å²) in [5.41, 5.74) is 2.72. The molecule has 0 bridgehead atoms. The van der Waals surface area contributed by atoms with E-state index in [1.165, 1.54) is 11.1 Å². The van der Waals surface area contributed by atoms with Crippen LogP contribution in [0.15, 0.2) is 60.7 Å². The van der Waals surface area contributed by atoms with E-state index < -0.39 is 0 Å². The summed E-state index contributed by atoms with van der Waals surface area (Å²) < 4.78 is 0. The van der Waals surface area contributed by atoms with E-state index in [1.54, 1.807) is 0 Å². The van der Waals surface area contributed by atoms with Gasteiger partial charge in [-0.1, -0.05) is 60.7 Å². The fraction of sp³-hybridized carbons (Fsp3) is 0.350. The van der Waals surface area contributed by atoms with E-state index in [0.29, 0.717) is 18.0 Å². The predicted octanol–water partition coefficient (Wildman–Crippen LogP) is 3.03. The van der Waals surface area contributed by atoms with Crippen LogP contribution in [-0.2, 0) is 0 Å². The Bertz CT molecular complexity index is 605. The van der Waals surface area contributed by atoms with Crippen molar-refractivity contribution in [2.75, 3.05) is 13.1 Å². The Labute approximate surface area is 149 Å². The van der Waals surface area contributed by atoms with Gasteiger partial charge in [-0.2, -0.15) is 0 Å². The molecule has 0 aliphatic carbocycles. The highest BCUT2D eigenvalue weighted by Gasteiger charge is 2.32. The van der Waals surface area contributed by atoms with Crippen LogP contribution >= 0.6 is 12.2 Å². The second-order valence-electron chi connectivity index (χ2n) is 6.25. The van der Waals surface area contributed by atoms with Gasteiger partial charge >= 0.3 is 0 Å². The Morgan fingerprint density at radius 3 is 2.21 bits per heavy atom. The molecular formula is C20H25N3S. The van der Waals surface area contributed by atoms with Crippen LogP contribution in [0.5, 0.6) is 0 Å². The van der Waals surface area contributed by atoms with Crippen LogP contribution < -0.4 is 16.0 Å². The van der Waals surface area contributed by atoms with Gasteiger partial charge in [0.1, 0.15) is 0 Å². The fourth-order valence-corrected chi connectivity index (χ4v) is 3.82. The van der Waals surface area contributed by atoms with Gasteiger partial charge in [-0.3, -0.25) is 0 Å². The second kappa shape index (κ2) is 8.27. The van der Waals surface area contributed by atoms with Crippen molar-refractivity contribution in [2.45, 2.75) is 31.3 Å². The van der Waals surface area contributed by atoms with E-state index in [1.807, 2.05) is 0 Å².